The molecule has 2 heterocycles. The summed E-state index contributed by atoms with van der Waals surface area (Å²) >= 11 is 0. The number of carbonyl (C=O) groups excluding carboxylic acids is 1. The topological polar surface area (TPSA) is 83.1 Å². The van der Waals surface area contributed by atoms with Crippen LogP contribution in [0.5, 0.6) is 0 Å². The number of aromatic amines is 1. The molecule has 22 heavy (non-hydrogen) atoms. The summed E-state index contributed by atoms with van der Waals surface area (Å²) < 4.78 is 5.33. The summed E-state index contributed by atoms with van der Waals surface area (Å²) in [5, 5.41) is 10.4. The molecule has 2 amide bonds. The second-order valence-corrected chi connectivity index (χ2v) is 6.68. The van der Waals surface area contributed by atoms with Gasteiger partial charge < -0.3 is 15.0 Å². The predicted octanol–water partition coefficient (Wildman–Crippen LogP) is 1.46. The molecule has 1 aliphatic carbocycles. The number of aromatic nitrogens is 3. The van der Waals surface area contributed by atoms with Crippen LogP contribution in [-0.4, -0.2) is 59.0 Å². The first-order valence-electron chi connectivity index (χ1n) is 8.05. The van der Waals surface area contributed by atoms with Crippen molar-refractivity contribution in [2.24, 2.45) is 5.92 Å². The van der Waals surface area contributed by atoms with Gasteiger partial charge in [0.25, 0.3) is 0 Å². The Labute approximate surface area is 130 Å². The van der Waals surface area contributed by atoms with Crippen LogP contribution in [-0.2, 0) is 4.74 Å². The van der Waals surface area contributed by atoms with Gasteiger partial charge in [0.2, 0.25) is 0 Å². The zero-order valence-electron chi connectivity index (χ0n) is 13.5. The Hall–Kier alpha value is -1.63. The summed E-state index contributed by atoms with van der Waals surface area (Å²) in [6.45, 7) is 5.91. The summed E-state index contributed by atoms with van der Waals surface area (Å²) in [5.41, 5.74) is 0. The lowest BCUT2D eigenvalue weighted by molar-refractivity contribution is 0.147. The fourth-order valence-corrected chi connectivity index (χ4v) is 3.05. The van der Waals surface area contributed by atoms with Crippen molar-refractivity contribution >= 4 is 6.03 Å². The van der Waals surface area contributed by atoms with Gasteiger partial charge in [-0.25, -0.2) is 9.78 Å². The van der Waals surface area contributed by atoms with Gasteiger partial charge in [0, 0.05) is 44.0 Å². The number of ether oxygens (including phenoxy) is 1. The van der Waals surface area contributed by atoms with Crippen molar-refractivity contribution in [3.8, 4) is 0 Å². The highest BCUT2D eigenvalue weighted by Crippen LogP contribution is 2.39. The largest absolute Gasteiger partial charge is 0.384 e. The second kappa shape index (κ2) is 6.24. The molecule has 1 saturated carbocycles. The number of rotatable bonds is 5. The highest BCUT2D eigenvalue weighted by Gasteiger charge is 2.39. The standard InChI is InChI=1S/C15H25N5O2/c1-9(2)16-15(21)20-6-11(8-22-3)12(7-20)14-17-13(18-19-14)10-4-5-10/h9-12H,4-8H2,1-3H3,(H,16,21)(H,17,18,19)/t11-,12+/m0/s1. The number of methoxy groups -OCH3 is 1. The molecule has 122 valence electrons. The number of nitrogens with one attached hydrogen (secondary N) is 2. The average Bonchev–Trinajstić information content (AvgIpc) is 3.04. The molecular weight excluding hydrogens is 282 g/mol. The van der Waals surface area contributed by atoms with Crippen molar-refractivity contribution in [2.45, 2.75) is 44.6 Å². The minimum Gasteiger partial charge on any atom is -0.384 e. The maximum Gasteiger partial charge on any atom is 0.317 e. The fourth-order valence-electron chi connectivity index (χ4n) is 3.05. The highest BCUT2D eigenvalue weighted by atomic mass is 16.5. The molecule has 2 atom stereocenters. The Kier molecular flexibility index (Phi) is 4.33. The third-order valence-corrected chi connectivity index (χ3v) is 4.33. The van der Waals surface area contributed by atoms with Gasteiger partial charge in [0.15, 0.2) is 5.82 Å². The van der Waals surface area contributed by atoms with E-state index in [2.05, 4.69) is 20.5 Å². The van der Waals surface area contributed by atoms with Gasteiger partial charge in [0.05, 0.1) is 6.61 Å². The lowest BCUT2D eigenvalue weighted by atomic mass is 9.96. The van der Waals surface area contributed by atoms with Crippen LogP contribution >= 0.6 is 0 Å². The third-order valence-electron chi connectivity index (χ3n) is 4.33. The Morgan fingerprint density at radius 1 is 1.45 bits per heavy atom. The number of hydrogen-bond donors (Lipinski definition) is 2. The number of H-pyrrole nitrogens is 1. The number of urea groups is 1. The predicted molar refractivity (Wildman–Crippen MR) is 81.7 cm³/mol. The van der Waals surface area contributed by atoms with Crippen LogP contribution in [0.4, 0.5) is 4.79 Å². The molecular formula is C15H25N5O2. The van der Waals surface area contributed by atoms with Crippen LogP contribution in [0.1, 0.15) is 50.2 Å². The zero-order valence-corrected chi connectivity index (χ0v) is 13.5. The summed E-state index contributed by atoms with van der Waals surface area (Å²) in [6.07, 6.45) is 2.37. The van der Waals surface area contributed by atoms with Crippen molar-refractivity contribution in [2.75, 3.05) is 26.8 Å². The molecule has 7 heteroatoms. The maximum atomic E-state index is 12.2. The molecule has 3 rings (SSSR count). The molecule has 1 aromatic heterocycles. The van der Waals surface area contributed by atoms with Crippen molar-refractivity contribution < 1.29 is 9.53 Å². The highest BCUT2D eigenvalue weighted by molar-refractivity contribution is 5.75. The smallest absolute Gasteiger partial charge is 0.317 e. The van der Waals surface area contributed by atoms with Gasteiger partial charge >= 0.3 is 6.03 Å². The van der Waals surface area contributed by atoms with E-state index in [4.69, 9.17) is 4.74 Å². The Morgan fingerprint density at radius 2 is 2.23 bits per heavy atom. The molecule has 1 aromatic rings. The second-order valence-electron chi connectivity index (χ2n) is 6.68. The van der Waals surface area contributed by atoms with E-state index in [0.29, 0.717) is 25.6 Å². The van der Waals surface area contributed by atoms with Crippen molar-refractivity contribution in [1.29, 1.82) is 0 Å². The average molecular weight is 307 g/mol. The van der Waals surface area contributed by atoms with E-state index in [9.17, 15) is 4.79 Å². The van der Waals surface area contributed by atoms with E-state index in [-0.39, 0.29) is 23.9 Å². The minimum absolute atomic E-state index is 0.0134. The number of hydrogen-bond acceptors (Lipinski definition) is 4. The molecule has 1 saturated heterocycles. The van der Waals surface area contributed by atoms with E-state index >= 15 is 0 Å². The molecule has 7 nitrogen and oxygen atoms in total. The van der Waals surface area contributed by atoms with E-state index < -0.39 is 0 Å². The number of nitrogens with zero attached hydrogens (tertiary/aromatic N) is 3. The van der Waals surface area contributed by atoms with Crippen LogP contribution in [0.2, 0.25) is 0 Å². The number of carbonyl (C=O) groups is 1. The fraction of sp³-hybridized carbons (Fsp3) is 0.800. The van der Waals surface area contributed by atoms with Crippen molar-refractivity contribution in [3.63, 3.8) is 0 Å². The van der Waals surface area contributed by atoms with Crippen LogP contribution in [0.3, 0.4) is 0 Å². The molecule has 0 bridgehead atoms. The molecule has 2 fully saturated rings. The Balaban J connectivity index is 1.71. The van der Waals surface area contributed by atoms with E-state index in [1.54, 1.807) is 7.11 Å². The molecule has 2 N–H and O–H groups in total. The molecule has 1 aliphatic heterocycles. The Bertz CT molecular complexity index is 526. The van der Waals surface area contributed by atoms with Crippen LogP contribution in [0.15, 0.2) is 0 Å². The first-order chi connectivity index (χ1) is 10.6. The Morgan fingerprint density at radius 3 is 2.86 bits per heavy atom. The van der Waals surface area contributed by atoms with Gasteiger partial charge in [-0.1, -0.05) is 0 Å². The summed E-state index contributed by atoms with van der Waals surface area (Å²) in [4.78, 5) is 18.7. The number of amides is 2. The third kappa shape index (κ3) is 3.24. The monoisotopic (exact) mass is 307 g/mol. The first kappa shape index (κ1) is 15.3. The van der Waals surface area contributed by atoms with Gasteiger partial charge in [-0.05, 0) is 26.7 Å². The lowest BCUT2D eigenvalue weighted by Gasteiger charge is -2.18. The summed E-state index contributed by atoms with van der Waals surface area (Å²) in [5.74, 6) is 2.77. The van der Waals surface area contributed by atoms with Gasteiger partial charge in [-0.15, -0.1) is 0 Å². The molecule has 0 spiro atoms. The maximum absolute atomic E-state index is 12.2. The van der Waals surface area contributed by atoms with Crippen molar-refractivity contribution in [3.05, 3.63) is 11.6 Å². The molecule has 0 radical (unpaired) electrons. The van der Waals surface area contributed by atoms with Crippen LogP contribution in [0.25, 0.3) is 0 Å². The van der Waals surface area contributed by atoms with Crippen LogP contribution in [0, 0.1) is 5.92 Å². The normalized spacial score (nSPS) is 25.0. The molecule has 2 aliphatic rings. The lowest BCUT2D eigenvalue weighted by Crippen LogP contribution is -2.42. The van der Waals surface area contributed by atoms with Gasteiger partial charge in [-0.3, -0.25) is 5.10 Å². The van der Waals surface area contributed by atoms with Crippen LogP contribution < -0.4 is 5.32 Å². The van der Waals surface area contributed by atoms with Gasteiger partial charge in [0.1, 0.15) is 5.82 Å². The number of likely N-dealkylation sites (tertiary alicyclic amines) is 1. The SMILES string of the molecule is COC[C@@H]1CN(C(=O)NC(C)C)C[C@H]1c1nc(C2CC2)n[nH]1. The van der Waals surface area contributed by atoms with Crippen molar-refractivity contribution in [1.82, 2.24) is 25.4 Å². The van der Waals surface area contributed by atoms with E-state index in [1.165, 1.54) is 12.8 Å². The molecule has 0 aromatic carbocycles. The minimum atomic E-state index is -0.0134. The zero-order chi connectivity index (χ0) is 15.7. The first-order valence-corrected chi connectivity index (χ1v) is 8.05. The summed E-state index contributed by atoms with van der Waals surface area (Å²) in [7, 11) is 1.70. The van der Waals surface area contributed by atoms with E-state index in [1.807, 2.05) is 18.7 Å². The van der Waals surface area contributed by atoms with Gasteiger partial charge in [-0.2, -0.15) is 5.10 Å². The quantitative estimate of drug-likeness (QED) is 0.862. The summed E-state index contributed by atoms with van der Waals surface area (Å²) in [6, 6.07) is 0.125. The molecule has 0 unspecified atom stereocenters. The van der Waals surface area contributed by atoms with E-state index in [0.717, 1.165) is 11.6 Å².